The number of carbonyl (C=O) groups excluding carboxylic acids is 1. The predicted molar refractivity (Wildman–Crippen MR) is 82.6 cm³/mol. The summed E-state index contributed by atoms with van der Waals surface area (Å²) in [6.07, 6.45) is 0. The van der Waals surface area contributed by atoms with Crippen molar-refractivity contribution in [1.82, 2.24) is 0 Å². The van der Waals surface area contributed by atoms with Crippen LogP contribution in [0.4, 0.5) is 0 Å². The molecule has 98 valence electrons. The van der Waals surface area contributed by atoms with E-state index in [1.807, 2.05) is 31.2 Å². The number of benzene rings is 2. The maximum absolute atomic E-state index is 12.3. The summed E-state index contributed by atoms with van der Waals surface area (Å²) >= 11 is 13.4. The van der Waals surface area contributed by atoms with Crippen molar-refractivity contribution in [3.05, 3.63) is 64.1 Å². The first-order valence-corrected chi connectivity index (χ1v) is 7.42. The zero-order valence-corrected chi connectivity index (χ0v) is 12.6. The molecule has 0 saturated heterocycles. The van der Waals surface area contributed by atoms with Gasteiger partial charge in [-0.15, -0.1) is 11.8 Å². The first-order chi connectivity index (χ1) is 9.08. The molecule has 1 unspecified atom stereocenters. The number of thioether (sulfide) groups is 1. The normalized spacial score (nSPS) is 12.2. The Kier molecular flexibility index (Phi) is 4.92. The highest BCUT2D eigenvalue weighted by Crippen LogP contribution is 2.31. The van der Waals surface area contributed by atoms with Crippen LogP contribution < -0.4 is 0 Å². The zero-order chi connectivity index (χ0) is 13.8. The van der Waals surface area contributed by atoms with Gasteiger partial charge in [0.15, 0.2) is 5.78 Å². The highest BCUT2D eigenvalue weighted by atomic mass is 35.5. The maximum atomic E-state index is 12.3. The fraction of sp³-hybridized carbons (Fsp3) is 0.133. The molecule has 0 aliphatic rings. The Bertz CT molecular complexity index is 581. The van der Waals surface area contributed by atoms with Gasteiger partial charge >= 0.3 is 0 Å². The molecule has 1 atom stereocenters. The van der Waals surface area contributed by atoms with Crippen LogP contribution >= 0.6 is 35.0 Å². The second-order valence-electron chi connectivity index (χ2n) is 4.06. The van der Waals surface area contributed by atoms with E-state index in [0.717, 1.165) is 4.90 Å². The largest absolute Gasteiger partial charge is 0.293 e. The summed E-state index contributed by atoms with van der Waals surface area (Å²) in [5, 5.41) is 1.10. The number of hydrogen-bond acceptors (Lipinski definition) is 2. The smallest absolute Gasteiger partial charge is 0.175 e. The maximum Gasteiger partial charge on any atom is 0.175 e. The lowest BCUT2D eigenvalue weighted by molar-refractivity contribution is 0.0994. The van der Waals surface area contributed by atoms with Gasteiger partial charge in [0.05, 0.1) is 10.3 Å². The molecule has 0 saturated carbocycles. The molecular weight excluding hydrogens is 299 g/mol. The number of halogens is 2. The Balaban J connectivity index is 2.12. The number of Topliss-reactive ketones (excluding diaryl/α,β-unsaturated/α-hetero) is 1. The third-order valence-electron chi connectivity index (χ3n) is 2.64. The van der Waals surface area contributed by atoms with Gasteiger partial charge in [-0.25, -0.2) is 0 Å². The van der Waals surface area contributed by atoms with Crippen molar-refractivity contribution < 1.29 is 4.79 Å². The van der Waals surface area contributed by atoms with Crippen molar-refractivity contribution in [2.75, 3.05) is 0 Å². The number of hydrogen-bond donors (Lipinski definition) is 0. The topological polar surface area (TPSA) is 17.1 Å². The standard InChI is InChI=1S/C15H12Cl2OS/c1-10(19-14-5-3-2-4-13(14)17)15(18)11-6-8-12(16)9-7-11/h2-10H,1H3. The van der Waals surface area contributed by atoms with Crippen molar-refractivity contribution in [1.29, 1.82) is 0 Å². The Labute approximate surface area is 126 Å². The van der Waals surface area contributed by atoms with Crippen LogP contribution in [-0.4, -0.2) is 11.0 Å². The third kappa shape index (κ3) is 3.75. The third-order valence-corrected chi connectivity index (χ3v) is 4.51. The van der Waals surface area contributed by atoms with Crippen molar-refractivity contribution in [2.45, 2.75) is 17.1 Å². The molecule has 2 aromatic carbocycles. The second kappa shape index (κ2) is 6.47. The molecule has 0 amide bonds. The van der Waals surface area contributed by atoms with Crippen LogP contribution in [0.3, 0.4) is 0 Å². The molecule has 19 heavy (non-hydrogen) atoms. The first kappa shape index (κ1) is 14.4. The monoisotopic (exact) mass is 310 g/mol. The Morgan fingerprint density at radius 1 is 1.05 bits per heavy atom. The average Bonchev–Trinajstić information content (AvgIpc) is 2.41. The van der Waals surface area contributed by atoms with E-state index in [0.29, 0.717) is 15.6 Å². The molecule has 0 radical (unpaired) electrons. The van der Waals surface area contributed by atoms with Crippen LogP contribution in [0.1, 0.15) is 17.3 Å². The van der Waals surface area contributed by atoms with Gasteiger partial charge in [-0.2, -0.15) is 0 Å². The van der Waals surface area contributed by atoms with Gasteiger partial charge in [-0.05, 0) is 43.3 Å². The number of carbonyl (C=O) groups is 1. The summed E-state index contributed by atoms with van der Waals surface area (Å²) in [6, 6.07) is 14.5. The van der Waals surface area contributed by atoms with E-state index >= 15 is 0 Å². The van der Waals surface area contributed by atoms with Gasteiger partial charge in [0.1, 0.15) is 0 Å². The Hall–Kier alpha value is -0.960. The van der Waals surface area contributed by atoms with Gasteiger partial charge in [0, 0.05) is 15.5 Å². The van der Waals surface area contributed by atoms with E-state index in [-0.39, 0.29) is 11.0 Å². The summed E-state index contributed by atoms with van der Waals surface area (Å²) in [4.78, 5) is 13.2. The van der Waals surface area contributed by atoms with E-state index in [1.54, 1.807) is 24.3 Å². The molecule has 2 rings (SSSR count). The molecule has 0 aliphatic heterocycles. The minimum atomic E-state index is -0.193. The summed E-state index contributed by atoms with van der Waals surface area (Å²) < 4.78 is 0. The zero-order valence-electron chi connectivity index (χ0n) is 10.3. The predicted octanol–water partition coefficient (Wildman–Crippen LogP) is 5.36. The molecule has 0 fully saturated rings. The molecule has 0 spiro atoms. The Morgan fingerprint density at radius 2 is 1.68 bits per heavy atom. The molecule has 4 heteroatoms. The van der Waals surface area contributed by atoms with Crippen LogP contribution in [0.15, 0.2) is 53.4 Å². The van der Waals surface area contributed by atoms with Gasteiger partial charge in [-0.1, -0.05) is 35.3 Å². The lowest BCUT2D eigenvalue weighted by Gasteiger charge is -2.11. The highest BCUT2D eigenvalue weighted by Gasteiger charge is 2.17. The van der Waals surface area contributed by atoms with E-state index in [4.69, 9.17) is 23.2 Å². The summed E-state index contributed by atoms with van der Waals surface area (Å²) in [6.45, 7) is 1.88. The van der Waals surface area contributed by atoms with Gasteiger partial charge in [0.25, 0.3) is 0 Å². The SMILES string of the molecule is CC(Sc1ccccc1Cl)C(=O)c1ccc(Cl)cc1. The van der Waals surface area contributed by atoms with Crippen LogP contribution in [0.25, 0.3) is 0 Å². The van der Waals surface area contributed by atoms with Crippen LogP contribution in [0.2, 0.25) is 10.0 Å². The van der Waals surface area contributed by atoms with E-state index in [1.165, 1.54) is 11.8 Å². The summed E-state index contributed by atoms with van der Waals surface area (Å²) in [5.41, 5.74) is 0.663. The molecule has 0 aliphatic carbocycles. The van der Waals surface area contributed by atoms with Crippen LogP contribution in [-0.2, 0) is 0 Å². The van der Waals surface area contributed by atoms with Crippen LogP contribution in [0, 0.1) is 0 Å². The lowest BCUT2D eigenvalue weighted by atomic mass is 10.1. The van der Waals surface area contributed by atoms with Gasteiger partial charge in [-0.3, -0.25) is 4.79 Å². The summed E-state index contributed by atoms with van der Waals surface area (Å²) in [7, 11) is 0. The van der Waals surface area contributed by atoms with Crippen LogP contribution in [0.5, 0.6) is 0 Å². The molecule has 0 heterocycles. The molecule has 0 bridgehead atoms. The van der Waals surface area contributed by atoms with E-state index in [2.05, 4.69) is 0 Å². The molecular formula is C15H12Cl2OS. The molecule has 2 aromatic rings. The minimum absolute atomic E-state index is 0.0709. The van der Waals surface area contributed by atoms with Gasteiger partial charge < -0.3 is 0 Å². The van der Waals surface area contributed by atoms with E-state index < -0.39 is 0 Å². The second-order valence-corrected chi connectivity index (χ2v) is 6.29. The van der Waals surface area contributed by atoms with E-state index in [9.17, 15) is 4.79 Å². The van der Waals surface area contributed by atoms with Crippen molar-refractivity contribution in [2.24, 2.45) is 0 Å². The number of rotatable bonds is 4. The fourth-order valence-corrected chi connectivity index (χ4v) is 2.99. The molecule has 1 nitrogen and oxygen atoms in total. The quantitative estimate of drug-likeness (QED) is 0.559. The fourth-order valence-electron chi connectivity index (χ4n) is 1.63. The van der Waals surface area contributed by atoms with Crippen molar-refractivity contribution >= 4 is 40.7 Å². The Morgan fingerprint density at radius 3 is 2.32 bits per heavy atom. The average molecular weight is 311 g/mol. The highest BCUT2D eigenvalue weighted by molar-refractivity contribution is 8.00. The van der Waals surface area contributed by atoms with Gasteiger partial charge in [0.2, 0.25) is 0 Å². The lowest BCUT2D eigenvalue weighted by Crippen LogP contribution is -2.13. The summed E-state index contributed by atoms with van der Waals surface area (Å²) in [5.74, 6) is 0.0709. The number of ketones is 1. The first-order valence-electron chi connectivity index (χ1n) is 5.79. The molecule has 0 N–H and O–H groups in total. The minimum Gasteiger partial charge on any atom is -0.293 e. The van der Waals surface area contributed by atoms with Crippen molar-refractivity contribution in [3.63, 3.8) is 0 Å². The van der Waals surface area contributed by atoms with Crippen molar-refractivity contribution in [3.8, 4) is 0 Å². The molecule has 0 aromatic heterocycles.